The van der Waals surface area contributed by atoms with Gasteiger partial charge in [-0.2, -0.15) is 0 Å². The Bertz CT molecular complexity index is 1060. The number of benzene rings is 2. The van der Waals surface area contributed by atoms with Crippen molar-refractivity contribution in [3.05, 3.63) is 74.8 Å². The van der Waals surface area contributed by atoms with Crippen molar-refractivity contribution < 1.29 is 14.5 Å². The molecule has 33 heavy (non-hydrogen) atoms. The fourth-order valence-corrected chi connectivity index (χ4v) is 4.46. The third-order valence-electron chi connectivity index (χ3n) is 6.14. The molecule has 7 nitrogen and oxygen atoms in total. The predicted octanol–water partition coefficient (Wildman–Crippen LogP) is 5.57. The van der Waals surface area contributed by atoms with Gasteiger partial charge in [0.05, 0.1) is 4.92 Å². The second-order valence-corrected chi connectivity index (χ2v) is 9.70. The number of nitro groups is 1. The summed E-state index contributed by atoms with van der Waals surface area (Å²) in [6.07, 6.45) is 4.81. The van der Waals surface area contributed by atoms with Gasteiger partial charge in [0.15, 0.2) is 0 Å². The highest BCUT2D eigenvalue weighted by Crippen LogP contribution is 2.29. The molecule has 0 unspecified atom stereocenters. The van der Waals surface area contributed by atoms with E-state index < -0.39 is 5.60 Å². The average Bonchev–Trinajstić information content (AvgIpc) is 2.78. The number of anilines is 1. The Morgan fingerprint density at radius 1 is 1.03 bits per heavy atom. The maximum Gasteiger partial charge on any atom is 0.410 e. The molecule has 2 aliphatic heterocycles. The Balaban J connectivity index is 1.41. The number of ether oxygens (including phenoxy) is 1. The van der Waals surface area contributed by atoms with Crippen molar-refractivity contribution in [3.63, 3.8) is 0 Å². The van der Waals surface area contributed by atoms with Crippen LogP contribution in [0.5, 0.6) is 0 Å². The zero-order chi connectivity index (χ0) is 23.6. The van der Waals surface area contributed by atoms with Crippen LogP contribution in [0, 0.1) is 10.1 Å². The monoisotopic (exact) mass is 449 g/mol. The van der Waals surface area contributed by atoms with Gasteiger partial charge in [0, 0.05) is 44.0 Å². The molecule has 0 aliphatic carbocycles. The summed E-state index contributed by atoms with van der Waals surface area (Å²) in [5, 5.41) is 10.9. The Hall–Kier alpha value is -3.35. The molecule has 0 spiro atoms. The minimum absolute atomic E-state index is 0.121. The van der Waals surface area contributed by atoms with Gasteiger partial charge in [-0.25, -0.2) is 4.79 Å². The van der Waals surface area contributed by atoms with Gasteiger partial charge in [0.25, 0.3) is 5.69 Å². The largest absolute Gasteiger partial charge is 0.444 e. The molecule has 2 heterocycles. The highest BCUT2D eigenvalue weighted by atomic mass is 16.6. The summed E-state index contributed by atoms with van der Waals surface area (Å²) in [5.41, 5.74) is 5.82. The third-order valence-corrected chi connectivity index (χ3v) is 6.14. The summed E-state index contributed by atoms with van der Waals surface area (Å²) in [5.74, 6) is 0. The normalized spacial score (nSPS) is 16.3. The first kappa shape index (κ1) is 22.8. The van der Waals surface area contributed by atoms with E-state index >= 15 is 0 Å². The number of nitro benzene ring substituents is 1. The number of carbonyl (C=O) groups is 1. The van der Waals surface area contributed by atoms with Crippen LogP contribution in [0.1, 0.15) is 50.3 Å². The number of rotatable bonds is 3. The van der Waals surface area contributed by atoms with Crippen LogP contribution in [0.3, 0.4) is 0 Å². The number of fused-ring (bicyclic) bond motifs is 1. The molecule has 0 radical (unpaired) electrons. The average molecular weight is 450 g/mol. The van der Waals surface area contributed by atoms with Gasteiger partial charge in [0.1, 0.15) is 5.60 Å². The lowest BCUT2D eigenvalue weighted by molar-refractivity contribution is -0.384. The van der Waals surface area contributed by atoms with Gasteiger partial charge in [-0.3, -0.25) is 10.1 Å². The fraction of sp³-hybridized carbons (Fsp3) is 0.423. The van der Waals surface area contributed by atoms with Crippen LogP contribution in [0.25, 0.3) is 6.08 Å². The molecule has 1 fully saturated rings. The van der Waals surface area contributed by atoms with E-state index in [1.807, 2.05) is 32.9 Å². The Labute approximate surface area is 194 Å². The van der Waals surface area contributed by atoms with Crippen molar-refractivity contribution in [2.45, 2.75) is 52.2 Å². The minimum Gasteiger partial charge on any atom is -0.444 e. The van der Waals surface area contributed by atoms with Gasteiger partial charge in [-0.05, 0) is 68.9 Å². The molecule has 174 valence electrons. The molecule has 0 atom stereocenters. The summed E-state index contributed by atoms with van der Waals surface area (Å²) < 4.78 is 5.55. The molecule has 0 bridgehead atoms. The first-order valence-corrected chi connectivity index (χ1v) is 11.5. The van der Waals surface area contributed by atoms with Crippen LogP contribution in [-0.4, -0.2) is 41.2 Å². The summed E-state index contributed by atoms with van der Waals surface area (Å²) in [6.45, 7) is 8.70. The molecule has 0 aromatic heterocycles. The molecule has 2 aromatic carbocycles. The van der Waals surface area contributed by atoms with Crippen molar-refractivity contribution >= 4 is 23.5 Å². The molecular formula is C26H31N3O4. The fourth-order valence-electron chi connectivity index (χ4n) is 4.46. The second kappa shape index (κ2) is 9.25. The first-order chi connectivity index (χ1) is 15.7. The van der Waals surface area contributed by atoms with Gasteiger partial charge in [0.2, 0.25) is 0 Å². The highest BCUT2D eigenvalue weighted by molar-refractivity contribution is 5.69. The van der Waals surface area contributed by atoms with Crippen LogP contribution in [0.2, 0.25) is 0 Å². The van der Waals surface area contributed by atoms with Crippen molar-refractivity contribution in [1.82, 2.24) is 4.90 Å². The Kier molecular flexibility index (Phi) is 6.40. The summed E-state index contributed by atoms with van der Waals surface area (Å²) >= 11 is 0. The van der Waals surface area contributed by atoms with E-state index in [-0.39, 0.29) is 16.7 Å². The SMILES string of the molecule is CC(C)(C)OC(=O)N1CCc2c(C=C3CCN(c4ccc([N+](=O)[O-])cc4)CC3)cccc2C1. The van der Waals surface area contributed by atoms with Crippen molar-refractivity contribution in [2.75, 3.05) is 24.5 Å². The molecule has 2 aromatic rings. The van der Waals surface area contributed by atoms with Crippen LogP contribution in [-0.2, 0) is 17.7 Å². The molecule has 1 amide bonds. The molecule has 0 N–H and O–H groups in total. The Morgan fingerprint density at radius 3 is 2.36 bits per heavy atom. The number of hydrogen-bond donors (Lipinski definition) is 0. The van der Waals surface area contributed by atoms with Gasteiger partial charge in [-0.15, -0.1) is 0 Å². The van der Waals surface area contributed by atoms with Crippen LogP contribution in [0.15, 0.2) is 48.0 Å². The van der Waals surface area contributed by atoms with E-state index in [2.05, 4.69) is 29.2 Å². The zero-order valence-corrected chi connectivity index (χ0v) is 19.5. The zero-order valence-electron chi connectivity index (χ0n) is 19.5. The first-order valence-electron chi connectivity index (χ1n) is 11.5. The number of nitrogens with zero attached hydrogens (tertiary/aromatic N) is 3. The van der Waals surface area contributed by atoms with Gasteiger partial charge < -0.3 is 14.5 Å². The lowest BCUT2D eigenvalue weighted by atomic mass is 9.92. The van der Waals surface area contributed by atoms with E-state index in [1.54, 1.807) is 17.0 Å². The predicted molar refractivity (Wildman–Crippen MR) is 129 cm³/mol. The third kappa shape index (κ3) is 5.53. The molecule has 1 saturated heterocycles. The van der Waals surface area contributed by atoms with Crippen LogP contribution >= 0.6 is 0 Å². The lowest BCUT2D eigenvalue weighted by Gasteiger charge is -2.32. The summed E-state index contributed by atoms with van der Waals surface area (Å²) in [6, 6.07) is 13.1. The minimum atomic E-state index is -0.493. The van der Waals surface area contributed by atoms with Crippen molar-refractivity contribution in [3.8, 4) is 0 Å². The molecular weight excluding hydrogens is 418 g/mol. The van der Waals surface area contributed by atoms with Crippen LogP contribution < -0.4 is 4.90 Å². The number of carbonyl (C=O) groups excluding carboxylic acids is 1. The van der Waals surface area contributed by atoms with E-state index in [4.69, 9.17) is 4.74 Å². The van der Waals surface area contributed by atoms with Crippen molar-refractivity contribution in [2.24, 2.45) is 0 Å². The molecule has 2 aliphatic rings. The van der Waals surface area contributed by atoms with E-state index in [1.165, 1.54) is 22.3 Å². The topological polar surface area (TPSA) is 75.9 Å². The van der Waals surface area contributed by atoms with E-state index in [0.717, 1.165) is 38.0 Å². The maximum atomic E-state index is 12.5. The summed E-state index contributed by atoms with van der Waals surface area (Å²) in [7, 11) is 0. The number of amides is 1. The summed E-state index contributed by atoms with van der Waals surface area (Å²) in [4.78, 5) is 27.0. The maximum absolute atomic E-state index is 12.5. The van der Waals surface area contributed by atoms with Crippen molar-refractivity contribution in [1.29, 1.82) is 0 Å². The number of hydrogen-bond acceptors (Lipinski definition) is 5. The van der Waals surface area contributed by atoms with Gasteiger partial charge >= 0.3 is 6.09 Å². The highest BCUT2D eigenvalue weighted by Gasteiger charge is 2.26. The number of non-ortho nitro benzene ring substituents is 1. The Morgan fingerprint density at radius 2 is 1.73 bits per heavy atom. The molecule has 4 rings (SSSR count). The molecule has 7 heteroatoms. The van der Waals surface area contributed by atoms with Crippen LogP contribution in [0.4, 0.5) is 16.2 Å². The molecule has 0 saturated carbocycles. The van der Waals surface area contributed by atoms with E-state index in [0.29, 0.717) is 13.1 Å². The van der Waals surface area contributed by atoms with Gasteiger partial charge in [-0.1, -0.05) is 29.8 Å². The van der Waals surface area contributed by atoms with E-state index in [9.17, 15) is 14.9 Å². The number of piperidine rings is 1. The smallest absolute Gasteiger partial charge is 0.410 e. The quantitative estimate of drug-likeness (QED) is 0.452. The lowest BCUT2D eigenvalue weighted by Crippen LogP contribution is -2.40. The second-order valence-electron chi connectivity index (χ2n) is 9.70. The standard InChI is InChI=1S/C26H31N3O4/c1-26(2,3)33-25(30)28-16-13-24-20(5-4-6-21(24)18-28)17-19-11-14-27(15-12-19)22-7-9-23(10-8-22)29(31)32/h4-10,17H,11-16,18H2,1-3H3.